The lowest BCUT2D eigenvalue weighted by Crippen LogP contribution is -2.53. The van der Waals surface area contributed by atoms with Crippen molar-refractivity contribution in [2.75, 3.05) is 0 Å². The molecular formula is C30H46N2. The molecule has 4 aliphatic rings. The highest BCUT2D eigenvalue weighted by molar-refractivity contribution is 5.41. The van der Waals surface area contributed by atoms with Crippen molar-refractivity contribution in [1.82, 2.24) is 0 Å². The minimum Gasteiger partial charge on any atom is -0.192 e. The van der Waals surface area contributed by atoms with E-state index < -0.39 is 0 Å². The fraction of sp³-hybridized carbons (Fsp3) is 0.867. The Balaban J connectivity index is 1.48. The summed E-state index contributed by atoms with van der Waals surface area (Å²) in [6.45, 7) is 12.6. The van der Waals surface area contributed by atoms with Crippen LogP contribution in [-0.2, 0) is 0 Å². The molecule has 2 heteroatoms. The van der Waals surface area contributed by atoms with Crippen LogP contribution in [0.3, 0.4) is 0 Å². The summed E-state index contributed by atoms with van der Waals surface area (Å²) in [6.07, 6.45) is 15.9. The second-order valence-electron chi connectivity index (χ2n) is 13.1. The van der Waals surface area contributed by atoms with E-state index in [4.69, 9.17) is 0 Å². The third-order valence-corrected chi connectivity index (χ3v) is 11.3. The Bertz CT molecular complexity index is 794. The van der Waals surface area contributed by atoms with Gasteiger partial charge in [0.05, 0.1) is 0 Å². The third kappa shape index (κ3) is 3.95. The Morgan fingerprint density at radius 3 is 2.31 bits per heavy atom. The molecule has 0 unspecified atom stereocenters. The quantitative estimate of drug-likeness (QED) is 0.407. The van der Waals surface area contributed by atoms with Crippen LogP contribution in [0.1, 0.15) is 112 Å². The van der Waals surface area contributed by atoms with Gasteiger partial charge in [0.25, 0.3) is 0 Å². The van der Waals surface area contributed by atoms with E-state index in [2.05, 4.69) is 46.8 Å². The monoisotopic (exact) mass is 434 g/mol. The molecule has 0 aromatic heterocycles. The van der Waals surface area contributed by atoms with Crippen LogP contribution in [0.5, 0.6) is 0 Å². The van der Waals surface area contributed by atoms with Gasteiger partial charge in [0.2, 0.25) is 0 Å². The number of nitrogens with zero attached hydrogens (tertiary/aromatic N) is 2. The van der Waals surface area contributed by atoms with E-state index in [1.807, 2.05) is 0 Å². The van der Waals surface area contributed by atoms with E-state index in [1.165, 1.54) is 64.2 Å². The van der Waals surface area contributed by atoms with Crippen molar-refractivity contribution in [3.63, 3.8) is 0 Å². The maximum atomic E-state index is 9.38. The summed E-state index contributed by atoms with van der Waals surface area (Å²) in [5, 5.41) is 18.8. The van der Waals surface area contributed by atoms with Crippen LogP contribution in [0.4, 0.5) is 0 Å². The molecule has 0 heterocycles. The molecule has 4 saturated carbocycles. The molecule has 8 atom stereocenters. The number of fused-ring (bicyclic) bond motifs is 5. The van der Waals surface area contributed by atoms with E-state index in [-0.39, 0.29) is 0 Å². The molecule has 0 amide bonds. The van der Waals surface area contributed by atoms with Crippen LogP contribution in [0.15, 0.2) is 11.1 Å². The van der Waals surface area contributed by atoms with Crippen LogP contribution in [0.2, 0.25) is 0 Å². The van der Waals surface area contributed by atoms with Gasteiger partial charge in [0, 0.05) is 0 Å². The maximum absolute atomic E-state index is 9.38. The summed E-state index contributed by atoms with van der Waals surface area (Å²) in [4.78, 5) is 0. The summed E-state index contributed by atoms with van der Waals surface area (Å²) in [5.74, 6) is 6.04. The topological polar surface area (TPSA) is 47.6 Å². The van der Waals surface area contributed by atoms with Crippen LogP contribution in [-0.4, -0.2) is 0 Å². The first-order chi connectivity index (χ1) is 15.2. The Kier molecular flexibility index (Phi) is 6.83. The van der Waals surface area contributed by atoms with Crippen molar-refractivity contribution in [3.05, 3.63) is 11.1 Å². The first-order valence-electron chi connectivity index (χ1n) is 13.8. The highest BCUT2D eigenvalue weighted by atomic mass is 14.6. The largest absolute Gasteiger partial charge is 0.192 e. The van der Waals surface area contributed by atoms with E-state index in [0.29, 0.717) is 22.3 Å². The Labute approximate surface area is 197 Å². The lowest BCUT2D eigenvalue weighted by molar-refractivity contribution is -0.109. The Hall–Kier alpha value is -1.28. The van der Waals surface area contributed by atoms with Crippen molar-refractivity contribution in [1.29, 1.82) is 10.5 Å². The zero-order chi connectivity index (χ0) is 23.1. The summed E-state index contributed by atoms with van der Waals surface area (Å²) in [5.41, 5.74) is 2.56. The number of nitriles is 2. The fourth-order valence-electron chi connectivity index (χ4n) is 9.51. The van der Waals surface area contributed by atoms with Gasteiger partial charge in [0.15, 0.2) is 0 Å². The van der Waals surface area contributed by atoms with Crippen molar-refractivity contribution in [3.8, 4) is 12.1 Å². The van der Waals surface area contributed by atoms with Gasteiger partial charge in [-0.3, -0.25) is 0 Å². The molecule has 0 aliphatic heterocycles. The average Bonchev–Trinajstić information content (AvgIpc) is 3.11. The molecule has 0 N–H and O–H groups in total. The lowest BCUT2D eigenvalue weighted by Gasteiger charge is -2.61. The molecule has 4 fully saturated rings. The molecule has 0 aromatic rings. The van der Waals surface area contributed by atoms with Crippen molar-refractivity contribution < 1.29 is 0 Å². The molecule has 4 rings (SSSR count). The van der Waals surface area contributed by atoms with Gasteiger partial charge >= 0.3 is 0 Å². The Morgan fingerprint density at radius 1 is 0.906 bits per heavy atom. The fourth-order valence-corrected chi connectivity index (χ4v) is 9.51. The van der Waals surface area contributed by atoms with Crippen LogP contribution in [0, 0.1) is 74.9 Å². The van der Waals surface area contributed by atoms with E-state index in [0.717, 1.165) is 53.9 Å². The summed E-state index contributed by atoms with van der Waals surface area (Å²) < 4.78 is 0. The zero-order valence-electron chi connectivity index (χ0n) is 21.4. The molecule has 0 radical (unpaired) electrons. The van der Waals surface area contributed by atoms with Gasteiger partial charge in [-0.1, -0.05) is 53.9 Å². The lowest BCUT2D eigenvalue weighted by atomic mass is 9.44. The molecule has 0 spiro atoms. The van der Waals surface area contributed by atoms with E-state index in [9.17, 15) is 10.5 Å². The third-order valence-electron chi connectivity index (χ3n) is 11.3. The molecule has 0 aromatic carbocycles. The molecular weight excluding hydrogens is 388 g/mol. The van der Waals surface area contributed by atoms with Gasteiger partial charge in [-0.15, -0.1) is 0 Å². The SMILES string of the molecule is CC(C)CCC[C@H](C)[C@@H]1CC[C@@H]2[C@@H]3CC[C@H]4CC(=C(C#N)C#N)CC[C@]4(C)[C@@H]3CC[C@@]21C. The second-order valence-corrected chi connectivity index (χ2v) is 13.1. The molecule has 176 valence electrons. The normalized spacial score (nSPS) is 41.8. The molecule has 32 heavy (non-hydrogen) atoms. The molecule has 4 aliphatic carbocycles. The van der Waals surface area contributed by atoms with Crippen LogP contribution < -0.4 is 0 Å². The maximum Gasteiger partial charge on any atom is 0.128 e. The molecule has 2 nitrogen and oxygen atoms in total. The minimum atomic E-state index is 0.412. The number of hydrogen-bond acceptors (Lipinski definition) is 2. The Morgan fingerprint density at radius 2 is 1.62 bits per heavy atom. The van der Waals surface area contributed by atoms with Gasteiger partial charge in [-0.05, 0) is 116 Å². The molecule has 0 bridgehead atoms. The number of rotatable bonds is 5. The summed E-state index contributed by atoms with van der Waals surface area (Å²) >= 11 is 0. The van der Waals surface area contributed by atoms with Gasteiger partial charge in [-0.2, -0.15) is 10.5 Å². The van der Waals surface area contributed by atoms with Gasteiger partial charge in [0.1, 0.15) is 17.7 Å². The first kappa shape index (κ1) is 23.9. The van der Waals surface area contributed by atoms with Crippen molar-refractivity contribution >= 4 is 0 Å². The summed E-state index contributed by atoms with van der Waals surface area (Å²) in [7, 11) is 0. The predicted molar refractivity (Wildman–Crippen MR) is 131 cm³/mol. The number of allylic oxidation sites excluding steroid dienone is 2. The minimum absolute atomic E-state index is 0.412. The summed E-state index contributed by atoms with van der Waals surface area (Å²) in [6, 6.07) is 4.35. The second kappa shape index (κ2) is 9.16. The average molecular weight is 435 g/mol. The van der Waals surface area contributed by atoms with E-state index >= 15 is 0 Å². The standard InChI is InChI=1S/C30H46N2/c1-20(2)7-6-8-21(3)26-11-12-27-25-10-9-24-17-22(23(18-31)19-32)13-15-29(24,4)28(25)14-16-30(26,27)5/h20-21,24-28H,6-17H2,1-5H3/t21-,24-,25-,26-,27+,28+,29-,30+/m0/s1. The van der Waals surface area contributed by atoms with Gasteiger partial charge < -0.3 is 0 Å². The highest BCUT2D eigenvalue weighted by Gasteiger charge is 2.60. The highest BCUT2D eigenvalue weighted by Crippen LogP contribution is 2.68. The molecule has 0 saturated heterocycles. The smallest absolute Gasteiger partial charge is 0.128 e. The predicted octanol–water partition coefficient (Wildman–Crippen LogP) is 8.45. The zero-order valence-corrected chi connectivity index (χ0v) is 21.4. The van der Waals surface area contributed by atoms with E-state index in [1.54, 1.807) is 0 Å². The van der Waals surface area contributed by atoms with Crippen molar-refractivity contribution in [2.45, 2.75) is 112 Å². The van der Waals surface area contributed by atoms with Crippen molar-refractivity contribution in [2.24, 2.45) is 52.3 Å². The first-order valence-corrected chi connectivity index (χ1v) is 13.8. The van der Waals surface area contributed by atoms with Crippen LogP contribution >= 0.6 is 0 Å². The number of hydrogen-bond donors (Lipinski definition) is 0. The van der Waals surface area contributed by atoms with Gasteiger partial charge in [-0.25, -0.2) is 0 Å². The van der Waals surface area contributed by atoms with Crippen LogP contribution in [0.25, 0.3) is 0 Å².